The zero-order valence-corrected chi connectivity index (χ0v) is 9.33. The molecule has 0 rings (SSSR count). The Hall–Kier alpha value is -0.160. The lowest BCUT2D eigenvalue weighted by Gasteiger charge is -2.14. The molecule has 0 aliphatic heterocycles. The van der Waals surface area contributed by atoms with Crippen LogP contribution in [0.15, 0.2) is 0 Å². The third-order valence-corrected chi connectivity index (χ3v) is 1.69. The first-order chi connectivity index (χ1) is 6.85. The fourth-order valence-corrected chi connectivity index (χ4v) is 0.999. The second-order valence-electron chi connectivity index (χ2n) is 3.00. The van der Waals surface area contributed by atoms with Gasteiger partial charge in [0.2, 0.25) is 0 Å². The molecule has 0 aromatic carbocycles. The first-order valence-electron chi connectivity index (χ1n) is 5.32. The van der Waals surface area contributed by atoms with E-state index in [-0.39, 0.29) is 6.10 Å². The highest BCUT2D eigenvalue weighted by Gasteiger charge is 2.04. The summed E-state index contributed by atoms with van der Waals surface area (Å²) in [5.74, 6) is 0. The molecule has 0 saturated heterocycles. The highest BCUT2D eigenvalue weighted by atomic mass is 16.5. The van der Waals surface area contributed by atoms with Crippen LogP contribution in [0, 0.1) is 0 Å². The first-order valence-corrected chi connectivity index (χ1v) is 5.32. The van der Waals surface area contributed by atoms with Crippen LogP contribution in [0.3, 0.4) is 0 Å². The van der Waals surface area contributed by atoms with Crippen molar-refractivity contribution in [1.82, 2.24) is 0 Å². The second kappa shape index (κ2) is 10.9. The average molecular weight is 205 g/mol. The third kappa shape index (κ3) is 8.44. The Morgan fingerprint density at radius 1 is 1.07 bits per heavy atom. The van der Waals surface area contributed by atoms with E-state index in [1.165, 1.54) is 0 Å². The fourth-order valence-electron chi connectivity index (χ4n) is 0.999. The van der Waals surface area contributed by atoms with E-state index in [0.29, 0.717) is 33.0 Å². The number of nitrogens with two attached hydrogens (primary N) is 1. The van der Waals surface area contributed by atoms with Gasteiger partial charge in [0.05, 0.1) is 25.9 Å². The molecule has 0 heterocycles. The van der Waals surface area contributed by atoms with Gasteiger partial charge >= 0.3 is 0 Å². The molecule has 0 aromatic rings. The molecule has 0 fully saturated rings. The Balaban J connectivity index is 3.15. The molecule has 14 heavy (non-hydrogen) atoms. The SMILES string of the molecule is CCCOCCOCC(CN)OCC. The van der Waals surface area contributed by atoms with Gasteiger partial charge in [-0.2, -0.15) is 0 Å². The van der Waals surface area contributed by atoms with Gasteiger partial charge in [-0.15, -0.1) is 0 Å². The van der Waals surface area contributed by atoms with Crippen LogP contribution in [0.1, 0.15) is 20.3 Å². The molecule has 0 spiro atoms. The van der Waals surface area contributed by atoms with Gasteiger partial charge in [0.25, 0.3) is 0 Å². The third-order valence-electron chi connectivity index (χ3n) is 1.69. The minimum atomic E-state index is 0.0196. The molecule has 4 nitrogen and oxygen atoms in total. The molecule has 0 amide bonds. The Bertz CT molecular complexity index is 112. The number of rotatable bonds is 10. The topological polar surface area (TPSA) is 53.7 Å². The molecule has 2 N–H and O–H groups in total. The van der Waals surface area contributed by atoms with Crippen molar-refractivity contribution in [3.63, 3.8) is 0 Å². The van der Waals surface area contributed by atoms with E-state index in [2.05, 4.69) is 6.92 Å². The monoisotopic (exact) mass is 205 g/mol. The fraction of sp³-hybridized carbons (Fsp3) is 1.00. The van der Waals surface area contributed by atoms with Gasteiger partial charge in [-0.1, -0.05) is 6.92 Å². The summed E-state index contributed by atoms with van der Waals surface area (Å²) in [5.41, 5.74) is 5.49. The molecule has 86 valence electrons. The summed E-state index contributed by atoms with van der Waals surface area (Å²) in [6, 6.07) is 0. The van der Waals surface area contributed by atoms with Crippen LogP contribution >= 0.6 is 0 Å². The average Bonchev–Trinajstić information content (AvgIpc) is 2.21. The predicted molar refractivity (Wildman–Crippen MR) is 56.4 cm³/mol. The Morgan fingerprint density at radius 3 is 2.36 bits per heavy atom. The van der Waals surface area contributed by atoms with Gasteiger partial charge in [-0.25, -0.2) is 0 Å². The van der Waals surface area contributed by atoms with E-state index in [4.69, 9.17) is 19.9 Å². The quantitative estimate of drug-likeness (QED) is 0.536. The summed E-state index contributed by atoms with van der Waals surface area (Å²) in [6.07, 6.45) is 1.07. The summed E-state index contributed by atoms with van der Waals surface area (Å²) in [6.45, 7) is 7.84. The molecule has 0 aromatic heterocycles. The summed E-state index contributed by atoms with van der Waals surface area (Å²) in [5, 5.41) is 0. The van der Waals surface area contributed by atoms with E-state index in [9.17, 15) is 0 Å². The van der Waals surface area contributed by atoms with Crippen molar-refractivity contribution in [1.29, 1.82) is 0 Å². The number of hydrogen-bond donors (Lipinski definition) is 1. The Labute approximate surface area is 86.7 Å². The molecule has 0 radical (unpaired) electrons. The van der Waals surface area contributed by atoms with E-state index >= 15 is 0 Å². The highest BCUT2D eigenvalue weighted by molar-refractivity contribution is 4.55. The zero-order chi connectivity index (χ0) is 10.6. The molecule has 1 atom stereocenters. The van der Waals surface area contributed by atoms with Crippen LogP contribution in [0.2, 0.25) is 0 Å². The summed E-state index contributed by atoms with van der Waals surface area (Å²) >= 11 is 0. The van der Waals surface area contributed by atoms with Crippen molar-refractivity contribution in [3.8, 4) is 0 Å². The van der Waals surface area contributed by atoms with Crippen molar-refractivity contribution >= 4 is 0 Å². The lowest BCUT2D eigenvalue weighted by Crippen LogP contribution is -2.29. The smallest absolute Gasteiger partial charge is 0.0930 e. The van der Waals surface area contributed by atoms with Crippen LogP contribution in [0.4, 0.5) is 0 Å². The standard InChI is InChI=1S/C10H23NO3/c1-3-5-12-6-7-13-9-10(8-11)14-4-2/h10H,3-9,11H2,1-2H3. The molecule has 1 unspecified atom stereocenters. The van der Waals surface area contributed by atoms with Crippen molar-refractivity contribution in [2.24, 2.45) is 5.73 Å². The molecular formula is C10H23NO3. The summed E-state index contributed by atoms with van der Waals surface area (Å²) in [7, 11) is 0. The second-order valence-corrected chi connectivity index (χ2v) is 3.00. The van der Waals surface area contributed by atoms with Crippen molar-refractivity contribution in [3.05, 3.63) is 0 Å². The van der Waals surface area contributed by atoms with Crippen LogP contribution in [-0.4, -0.2) is 45.7 Å². The van der Waals surface area contributed by atoms with Gasteiger partial charge in [0.15, 0.2) is 0 Å². The predicted octanol–water partition coefficient (Wildman–Crippen LogP) is 0.793. The maximum atomic E-state index is 5.49. The van der Waals surface area contributed by atoms with E-state index < -0.39 is 0 Å². The lowest BCUT2D eigenvalue weighted by molar-refractivity contribution is -0.0234. The molecular weight excluding hydrogens is 182 g/mol. The Kier molecular flexibility index (Phi) is 10.8. The van der Waals surface area contributed by atoms with Crippen LogP contribution in [0.5, 0.6) is 0 Å². The number of hydrogen-bond acceptors (Lipinski definition) is 4. The van der Waals surface area contributed by atoms with Crippen molar-refractivity contribution in [2.45, 2.75) is 26.4 Å². The largest absolute Gasteiger partial charge is 0.379 e. The normalized spacial score (nSPS) is 13.1. The van der Waals surface area contributed by atoms with Gasteiger partial charge in [-0.05, 0) is 13.3 Å². The van der Waals surface area contributed by atoms with Crippen molar-refractivity contribution < 1.29 is 14.2 Å². The lowest BCUT2D eigenvalue weighted by atomic mass is 10.4. The van der Waals surface area contributed by atoms with E-state index in [0.717, 1.165) is 13.0 Å². The van der Waals surface area contributed by atoms with Gasteiger partial charge in [0.1, 0.15) is 0 Å². The van der Waals surface area contributed by atoms with Crippen LogP contribution < -0.4 is 5.73 Å². The molecule has 0 aliphatic rings. The maximum Gasteiger partial charge on any atom is 0.0930 e. The van der Waals surface area contributed by atoms with Crippen molar-refractivity contribution in [2.75, 3.05) is 39.6 Å². The highest BCUT2D eigenvalue weighted by Crippen LogP contribution is 1.91. The van der Waals surface area contributed by atoms with E-state index in [1.807, 2.05) is 6.92 Å². The van der Waals surface area contributed by atoms with Crippen LogP contribution in [-0.2, 0) is 14.2 Å². The molecule has 0 saturated carbocycles. The van der Waals surface area contributed by atoms with Gasteiger partial charge < -0.3 is 19.9 Å². The minimum Gasteiger partial charge on any atom is -0.379 e. The van der Waals surface area contributed by atoms with Crippen LogP contribution in [0.25, 0.3) is 0 Å². The summed E-state index contributed by atoms with van der Waals surface area (Å²) < 4.78 is 15.9. The van der Waals surface area contributed by atoms with E-state index in [1.54, 1.807) is 0 Å². The van der Waals surface area contributed by atoms with Gasteiger partial charge in [-0.3, -0.25) is 0 Å². The summed E-state index contributed by atoms with van der Waals surface area (Å²) in [4.78, 5) is 0. The maximum absolute atomic E-state index is 5.49. The molecule has 4 heteroatoms. The Morgan fingerprint density at radius 2 is 1.79 bits per heavy atom. The molecule has 0 bridgehead atoms. The molecule has 0 aliphatic carbocycles. The minimum absolute atomic E-state index is 0.0196. The first kappa shape index (κ1) is 13.8. The number of ether oxygens (including phenoxy) is 3. The zero-order valence-electron chi connectivity index (χ0n) is 9.33. The van der Waals surface area contributed by atoms with Gasteiger partial charge in [0, 0.05) is 19.8 Å².